The molecule has 0 amide bonds. The number of anilines is 1. The van der Waals surface area contributed by atoms with Crippen LogP contribution in [0, 0.1) is 5.92 Å². The molecular weight excluding hydrogens is 224 g/mol. The molecular formula is C11H18N2O2S. The fourth-order valence-corrected chi connectivity index (χ4v) is 1.97. The molecule has 0 radical (unpaired) electrons. The molecule has 0 aliphatic heterocycles. The van der Waals surface area contributed by atoms with Crippen LogP contribution in [0.25, 0.3) is 0 Å². The summed E-state index contributed by atoms with van der Waals surface area (Å²) >= 11 is 1.47. The van der Waals surface area contributed by atoms with Crippen LogP contribution >= 0.6 is 11.3 Å². The SMILES string of the molecule is COC(=O)c1csc(N(C)CCC(C)C)n1. The van der Waals surface area contributed by atoms with E-state index in [-0.39, 0.29) is 5.97 Å². The van der Waals surface area contributed by atoms with Crippen LogP contribution in [0.5, 0.6) is 0 Å². The number of hydrogen-bond acceptors (Lipinski definition) is 5. The van der Waals surface area contributed by atoms with Gasteiger partial charge in [0.15, 0.2) is 10.8 Å². The molecule has 1 aromatic rings. The Labute approximate surface area is 100 Å². The number of methoxy groups -OCH3 is 1. The van der Waals surface area contributed by atoms with Gasteiger partial charge in [-0.1, -0.05) is 13.8 Å². The third kappa shape index (κ3) is 3.48. The van der Waals surface area contributed by atoms with Gasteiger partial charge in [0.05, 0.1) is 7.11 Å². The van der Waals surface area contributed by atoms with E-state index >= 15 is 0 Å². The predicted molar refractivity (Wildman–Crippen MR) is 66.2 cm³/mol. The van der Waals surface area contributed by atoms with Crippen LogP contribution in [-0.4, -0.2) is 31.7 Å². The molecule has 0 spiro atoms. The lowest BCUT2D eigenvalue weighted by Gasteiger charge is -2.16. The van der Waals surface area contributed by atoms with E-state index in [4.69, 9.17) is 0 Å². The number of aromatic nitrogens is 1. The normalized spacial score (nSPS) is 10.6. The monoisotopic (exact) mass is 242 g/mol. The first-order valence-corrected chi connectivity index (χ1v) is 6.17. The van der Waals surface area contributed by atoms with Crippen LogP contribution in [0.4, 0.5) is 5.13 Å². The first-order valence-electron chi connectivity index (χ1n) is 5.29. The van der Waals surface area contributed by atoms with Crippen molar-refractivity contribution >= 4 is 22.4 Å². The van der Waals surface area contributed by atoms with Crippen molar-refractivity contribution in [2.75, 3.05) is 25.6 Å². The zero-order chi connectivity index (χ0) is 12.1. The van der Waals surface area contributed by atoms with E-state index in [1.54, 1.807) is 5.38 Å². The molecule has 0 atom stereocenters. The molecule has 0 aliphatic rings. The van der Waals surface area contributed by atoms with E-state index in [0.29, 0.717) is 11.6 Å². The highest BCUT2D eigenvalue weighted by Gasteiger charge is 2.13. The molecule has 0 fully saturated rings. The molecule has 0 saturated heterocycles. The Balaban J connectivity index is 2.59. The van der Waals surface area contributed by atoms with Gasteiger partial charge in [-0.3, -0.25) is 0 Å². The molecule has 0 unspecified atom stereocenters. The van der Waals surface area contributed by atoms with Gasteiger partial charge in [-0.05, 0) is 12.3 Å². The zero-order valence-electron chi connectivity index (χ0n) is 10.2. The van der Waals surface area contributed by atoms with Gasteiger partial charge in [0, 0.05) is 19.0 Å². The van der Waals surface area contributed by atoms with E-state index in [1.165, 1.54) is 18.4 Å². The summed E-state index contributed by atoms with van der Waals surface area (Å²) in [5.74, 6) is 0.294. The van der Waals surface area contributed by atoms with Gasteiger partial charge in [0.2, 0.25) is 0 Å². The highest BCUT2D eigenvalue weighted by Crippen LogP contribution is 2.20. The molecule has 1 aromatic heterocycles. The number of thiazole rings is 1. The second-order valence-electron chi connectivity index (χ2n) is 4.11. The smallest absolute Gasteiger partial charge is 0.357 e. The lowest BCUT2D eigenvalue weighted by Crippen LogP contribution is -2.19. The van der Waals surface area contributed by atoms with Crippen molar-refractivity contribution in [3.8, 4) is 0 Å². The van der Waals surface area contributed by atoms with Crippen LogP contribution < -0.4 is 4.90 Å². The summed E-state index contributed by atoms with van der Waals surface area (Å²) in [6.45, 7) is 5.33. The molecule has 90 valence electrons. The van der Waals surface area contributed by atoms with Crippen molar-refractivity contribution in [1.29, 1.82) is 0 Å². The van der Waals surface area contributed by atoms with Gasteiger partial charge in [-0.15, -0.1) is 11.3 Å². The van der Waals surface area contributed by atoms with Crippen LogP contribution in [-0.2, 0) is 4.74 Å². The van der Waals surface area contributed by atoms with Crippen molar-refractivity contribution < 1.29 is 9.53 Å². The Morgan fingerprint density at radius 3 is 2.88 bits per heavy atom. The summed E-state index contributed by atoms with van der Waals surface area (Å²) in [6.07, 6.45) is 1.11. The fraction of sp³-hybridized carbons (Fsp3) is 0.636. The van der Waals surface area contributed by atoms with Crippen molar-refractivity contribution in [2.45, 2.75) is 20.3 Å². The van der Waals surface area contributed by atoms with E-state index < -0.39 is 0 Å². The maximum atomic E-state index is 11.2. The standard InChI is InChI=1S/C11H18N2O2S/c1-8(2)5-6-13(3)11-12-9(7-16-11)10(14)15-4/h7-8H,5-6H2,1-4H3. The molecule has 0 bridgehead atoms. The van der Waals surface area contributed by atoms with E-state index in [9.17, 15) is 4.79 Å². The summed E-state index contributed by atoms with van der Waals surface area (Å²) < 4.78 is 4.61. The number of esters is 1. The number of hydrogen-bond donors (Lipinski definition) is 0. The second kappa shape index (κ2) is 5.84. The van der Waals surface area contributed by atoms with Crippen molar-refractivity contribution in [1.82, 2.24) is 4.98 Å². The second-order valence-corrected chi connectivity index (χ2v) is 4.95. The largest absolute Gasteiger partial charge is 0.464 e. The molecule has 16 heavy (non-hydrogen) atoms. The van der Waals surface area contributed by atoms with Gasteiger partial charge in [0.25, 0.3) is 0 Å². The van der Waals surface area contributed by atoms with Gasteiger partial charge < -0.3 is 9.64 Å². The van der Waals surface area contributed by atoms with Crippen molar-refractivity contribution in [2.24, 2.45) is 5.92 Å². The lowest BCUT2D eigenvalue weighted by atomic mass is 10.1. The molecule has 0 aromatic carbocycles. The predicted octanol–water partition coefficient (Wildman–Crippen LogP) is 2.41. The van der Waals surface area contributed by atoms with Crippen LogP contribution in [0.1, 0.15) is 30.8 Å². The van der Waals surface area contributed by atoms with Crippen molar-refractivity contribution in [3.05, 3.63) is 11.1 Å². The molecule has 0 N–H and O–H groups in total. The summed E-state index contributed by atoms with van der Waals surface area (Å²) in [5.41, 5.74) is 0.388. The number of carbonyl (C=O) groups excluding carboxylic acids is 1. The summed E-state index contributed by atoms with van der Waals surface area (Å²) in [7, 11) is 3.35. The van der Waals surface area contributed by atoms with E-state index in [0.717, 1.165) is 18.1 Å². The topological polar surface area (TPSA) is 42.4 Å². The summed E-state index contributed by atoms with van der Waals surface area (Å²) in [5, 5.41) is 2.59. The first-order chi connectivity index (χ1) is 7.54. The van der Waals surface area contributed by atoms with Gasteiger partial charge >= 0.3 is 5.97 Å². The maximum absolute atomic E-state index is 11.2. The molecule has 4 nitrogen and oxygen atoms in total. The van der Waals surface area contributed by atoms with Crippen LogP contribution in [0.15, 0.2) is 5.38 Å². The minimum atomic E-state index is -0.375. The van der Waals surface area contributed by atoms with Gasteiger partial charge in [0.1, 0.15) is 0 Å². The highest BCUT2D eigenvalue weighted by atomic mass is 32.1. The summed E-state index contributed by atoms with van der Waals surface area (Å²) in [6, 6.07) is 0. The maximum Gasteiger partial charge on any atom is 0.357 e. The first kappa shape index (κ1) is 13.0. The third-order valence-electron chi connectivity index (χ3n) is 2.26. The fourth-order valence-electron chi connectivity index (χ4n) is 1.19. The molecule has 0 aliphatic carbocycles. The molecule has 0 saturated carbocycles. The van der Waals surface area contributed by atoms with Gasteiger partial charge in [-0.2, -0.15) is 0 Å². The minimum Gasteiger partial charge on any atom is -0.464 e. The highest BCUT2D eigenvalue weighted by molar-refractivity contribution is 7.13. The Hall–Kier alpha value is -1.10. The lowest BCUT2D eigenvalue weighted by molar-refractivity contribution is 0.0595. The number of rotatable bonds is 5. The average molecular weight is 242 g/mol. The molecule has 1 heterocycles. The Morgan fingerprint density at radius 1 is 1.62 bits per heavy atom. The number of ether oxygens (including phenoxy) is 1. The minimum absolute atomic E-state index is 0.375. The summed E-state index contributed by atoms with van der Waals surface area (Å²) in [4.78, 5) is 17.5. The van der Waals surface area contributed by atoms with E-state index in [1.807, 2.05) is 7.05 Å². The zero-order valence-corrected chi connectivity index (χ0v) is 11.0. The average Bonchev–Trinajstić information content (AvgIpc) is 2.74. The van der Waals surface area contributed by atoms with Gasteiger partial charge in [-0.25, -0.2) is 9.78 Å². The molecule has 1 rings (SSSR count). The Bertz CT molecular complexity index is 350. The molecule has 5 heteroatoms. The van der Waals surface area contributed by atoms with Crippen LogP contribution in [0.3, 0.4) is 0 Å². The van der Waals surface area contributed by atoms with E-state index in [2.05, 4.69) is 28.5 Å². The third-order valence-corrected chi connectivity index (χ3v) is 3.21. The quantitative estimate of drug-likeness (QED) is 0.744. The van der Waals surface area contributed by atoms with Crippen LogP contribution in [0.2, 0.25) is 0 Å². The Morgan fingerprint density at radius 2 is 2.31 bits per heavy atom. The Kier molecular flexibility index (Phi) is 4.73. The number of carbonyl (C=O) groups is 1. The number of nitrogens with zero attached hydrogens (tertiary/aromatic N) is 2. The van der Waals surface area contributed by atoms with Crippen molar-refractivity contribution in [3.63, 3.8) is 0 Å².